The van der Waals surface area contributed by atoms with Crippen LogP contribution in [0.5, 0.6) is 0 Å². The molecule has 0 spiro atoms. The lowest BCUT2D eigenvalue weighted by Gasteiger charge is -2.01. The molecule has 0 heterocycles. The van der Waals surface area contributed by atoms with Gasteiger partial charge >= 0.3 is 0 Å². The molecule has 0 amide bonds. The number of nitro benzene ring substituents is 1. The quantitative estimate of drug-likeness (QED) is 0.534. The van der Waals surface area contributed by atoms with Crippen LogP contribution in [0.3, 0.4) is 0 Å². The summed E-state index contributed by atoms with van der Waals surface area (Å²) in [6.07, 6.45) is -0.0859. The van der Waals surface area contributed by atoms with E-state index in [4.69, 9.17) is 5.26 Å². The van der Waals surface area contributed by atoms with Crippen molar-refractivity contribution in [2.24, 2.45) is 0 Å². The van der Waals surface area contributed by atoms with Crippen molar-refractivity contribution in [3.63, 3.8) is 0 Å². The third-order valence-corrected chi connectivity index (χ3v) is 1.83. The Kier molecular flexibility index (Phi) is 2.77. The third kappa shape index (κ3) is 1.85. The first kappa shape index (κ1) is 10.1. The number of nitriles is 1. The highest BCUT2D eigenvalue weighted by Crippen LogP contribution is 2.22. The molecular weight excluding hydrogens is 187 g/mol. The van der Waals surface area contributed by atoms with Gasteiger partial charge in [0.05, 0.1) is 23.5 Å². The Balaban J connectivity index is 3.32. The van der Waals surface area contributed by atoms with Gasteiger partial charge in [-0.3, -0.25) is 10.1 Å². The molecule has 0 aliphatic carbocycles. The molecule has 5 heteroatoms. The molecule has 14 heavy (non-hydrogen) atoms. The summed E-state index contributed by atoms with van der Waals surface area (Å²) in [5.41, 5.74) is 0.215. The Bertz CT molecular complexity index is 424. The van der Waals surface area contributed by atoms with E-state index in [2.05, 4.69) is 0 Å². The fraction of sp³-hybridized carbons (Fsp3) is 0.222. The molecule has 0 N–H and O–H groups in total. The van der Waals surface area contributed by atoms with E-state index in [9.17, 15) is 14.5 Å². The Morgan fingerprint density at radius 1 is 1.64 bits per heavy atom. The Hall–Kier alpha value is -1.96. The molecule has 0 aliphatic rings. The molecule has 0 radical (unpaired) electrons. The lowest BCUT2D eigenvalue weighted by Crippen LogP contribution is -1.97. The number of halogens is 1. The molecule has 0 saturated carbocycles. The number of aryl methyl sites for hydroxylation is 1. The first-order valence-corrected chi connectivity index (χ1v) is 3.86. The second-order valence-electron chi connectivity index (χ2n) is 2.82. The van der Waals surface area contributed by atoms with Crippen molar-refractivity contribution >= 4 is 5.69 Å². The minimum Gasteiger partial charge on any atom is -0.258 e. The van der Waals surface area contributed by atoms with Crippen LogP contribution in [0.4, 0.5) is 10.1 Å². The predicted molar refractivity (Wildman–Crippen MR) is 47.1 cm³/mol. The standard InChI is InChI=1S/C9H7FN2O2/c1-6-4-7(2-3-11)9(12(13)14)5-8(6)10/h4-5H,2H2,1H3. The van der Waals surface area contributed by atoms with E-state index in [1.807, 2.05) is 0 Å². The molecule has 1 aromatic rings. The van der Waals surface area contributed by atoms with E-state index in [-0.39, 0.29) is 17.7 Å². The van der Waals surface area contributed by atoms with Crippen LogP contribution in [0.1, 0.15) is 11.1 Å². The average molecular weight is 194 g/mol. The number of nitrogens with zero attached hydrogens (tertiary/aromatic N) is 2. The molecular formula is C9H7FN2O2. The molecule has 72 valence electrons. The van der Waals surface area contributed by atoms with Crippen molar-refractivity contribution in [1.29, 1.82) is 5.26 Å². The average Bonchev–Trinajstić information content (AvgIpc) is 2.11. The predicted octanol–water partition coefficient (Wildman–Crippen LogP) is 2.11. The molecule has 1 rings (SSSR count). The lowest BCUT2D eigenvalue weighted by molar-refractivity contribution is -0.385. The van der Waals surface area contributed by atoms with Crippen LogP contribution in [0, 0.1) is 34.2 Å². The highest BCUT2D eigenvalue weighted by Gasteiger charge is 2.16. The highest BCUT2D eigenvalue weighted by atomic mass is 19.1. The van der Waals surface area contributed by atoms with Crippen molar-refractivity contribution in [2.45, 2.75) is 13.3 Å². The highest BCUT2D eigenvalue weighted by molar-refractivity contribution is 5.44. The van der Waals surface area contributed by atoms with Crippen LogP contribution in [-0.2, 0) is 6.42 Å². The number of benzene rings is 1. The normalized spacial score (nSPS) is 9.50. The topological polar surface area (TPSA) is 66.9 Å². The van der Waals surface area contributed by atoms with Gasteiger partial charge in [0.15, 0.2) is 0 Å². The van der Waals surface area contributed by atoms with E-state index >= 15 is 0 Å². The van der Waals surface area contributed by atoms with Crippen LogP contribution >= 0.6 is 0 Å². The first-order valence-electron chi connectivity index (χ1n) is 3.86. The molecule has 0 fully saturated rings. The second kappa shape index (κ2) is 3.83. The zero-order valence-corrected chi connectivity index (χ0v) is 7.45. The Labute approximate surface area is 79.7 Å². The molecule has 0 aromatic heterocycles. The van der Waals surface area contributed by atoms with Crippen LogP contribution in [-0.4, -0.2) is 4.92 Å². The molecule has 0 saturated heterocycles. The second-order valence-corrected chi connectivity index (χ2v) is 2.82. The van der Waals surface area contributed by atoms with Gasteiger partial charge in [-0.15, -0.1) is 0 Å². The summed E-state index contributed by atoms with van der Waals surface area (Å²) in [4.78, 5) is 9.80. The summed E-state index contributed by atoms with van der Waals surface area (Å²) < 4.78 is 13.0. The summed E-state index contributed by atoms with van der Waals surface area (Å²) >= 11 is 0. The van der Waals surface area contributed by atoms with E-state index in [0.29, 0.717) is 5.56 Å². The van der Waals surface area contributed by atoms with E-state index < -0.39 is 10.7 Å². The van der Waals surface area contributed by atoms with Crippen molar-refractivity contribution in [3.8, 4) is 6.07 Å². The summed E-state index contributed by atoms with van der Waals surface area (Å²) in [5.74, 6) is -0.626. The van der Waals surface area contributed by atoms with E-state index in [0.717, 1.165) is 6.07 Å². The smallest absolute Gasteiger partial charge is 0.258 e. The summed E-state index contributed by atoms with van der Waals surface area (Å²) in [6.45, 7) is 1.50. The van der Waals surface area contributed by atoms with Crippen molar-refractivity contribution in [1.82, 2.24) is 0 Å². The number of hydrogen-bond donors (Lipinski definition) is 0. The zero-order valence-electron chi connectivity index (χ0n) is 7.45. The monoisotopic (exact) mass is 194 g/mol. The summed E-state index contributed by atoms with van der Waals surface area (Å²) in [6, 6.07) is 3.98. The maximum Gasteiger partial charge on any atom is 0.276 e. The minimum atomic E-state index is -0.685. The Morgan fingerprint density at radius 2 is 2.29 bits per heavy atom. The minimum absolute atomic E-state index is 0.0859. The van der Waals surface area contributed by atoms with Gasteiger partial charge in [-0.2, -0.15) is 5.26 Å². The third-order valence-electron chi connectivity index (χ3n) is 1.83. The molecule has 0 aliphatic heterocycles. The van der Waals surface area contributed by atoms with Crippen molar-refractivity contribution in [2.75, 3.05) is 0 Å². The van der Waals surface area contributed by atoms with Crippen LogP contribution in [0.25, 0.3) is 0 Å². The fourth-order valence-corrected chi connectivity index (χ4v) is 1.13. The van der Waals surface area contributed by atoms with Gasteiger partial charge in [0.2, 0.25) is 0 Å². The Morgan fingerprint density at radius 3 is 2.79 bits per heavy atom. The van der Waals surface area contributed by atoms with Crippen molar-refractivity contribution in [3.05, 3.63) is 39.2 Å². The number of rotatable bonds is 2. The number of nitro groups is 1. The van der Waals surface area contributed by atoms with Crippen LogP contribution in [0.2, 0.25) is 0 Å². The number of hydrogen-bond acceptors (Lipinski definition) is 3. The van der Waals surface area contributed by atoms with Gasteiger partial charge in [-0.05, 0) is 18.6 Å². The molecule has 0 atom stereocenters. The molecule has 1 aromatic carbocycles. The largest absolute Gasteiger partial charge is 0.276 e. The van der Waals surface area contributed by atoms with Gasteiger partial charge in [-0.1, -0.05) is 0 Å². The summed E-state index contributed by atoms with van der Waals surface area (Å²) in [5, 5.41) is 18.9. The van der Waals surface area contributed by atoms with Gasteiger partial charge in [-0.25, -0.2) is 4.39 Å². The van der Waals surface area contributed by atoms with Gasteiger partial charge in [0.1, 0.15) is 5.82 Å². The van der Waals surface area contributed by atoms with Gasteiger partial charge in [0, 0.05) is 5.56 Å². The maximum absolute atomic E-state index is 13.0. The first-order chi connectivity index (χ1) is 6.56. The van der Waals surface area contributed by atoms with Crippen LogP contribution < -0.4 is 0 Å². The van der Waals surface area contributed by atoms with E-state index in [1.54, 1.807) is 6.07 Å². The van der Waals surface area contributed by atoms with Crippen LogP contribution in [0.15, 0.2) is 12.1 Å². The molecule has 0 bridgehead atoms. The zero-order chi connectivity index (χ0) is 10.7. The maximum atomic E-state index is 13.0. The van der Waals surface area contributed by atoms with Gasteiger partial charge in [0.25, 0.3) is 5.69 Å². The lowest BCUT2D eigenvalue weighted by atomic mass is 10.1. The van der Waals surface area contributed by atoms with Crippen molar-refractivity contribution < 1.29 is 9.31 Å². The molecule has 0 unspecified atom stereocenters. The SMILES string of the molecule is Cc1cc(CC#N)c([N+](=O)[O-])cc1F. The summed E-state index contributed by atoms with van der Waals surface area (Å²) in [7, 11) is 0. The van der Waals surface area contributed by atoms with Gasteiger partial charge < -0.3 is 0 Å². The molecule has 4 nitrogen and oxygen atoms in total. The fourth-order valence-electron chi connectivity index (χ4n) is 1.13. The van der Waals surface area contributed by atoms with E-state index in [1.165, 1.54) is 13.0 Å².